The Morgan fingerprint density at radius 3 is 2.90 bits per heavy atom. The first kappa shape index (κ1) is 7.74. The first-order valence-corrected chi connectivity index (χ1v) is 3.80. The van der Waals surface area contributed by atoms with Crippen molar-refractivity contribution in [1.82, 2.24) is 4.98 Å². The molecule has 4 heteroatoms. The van der Waals surface area contributed by atoms with E-state index in [0.717, 1.165) is 5.56 Å². The molecule has 0 atom stereocenters. The number of aliphatic hydroxyl groups excluding tert-OH is 1. The van der Waals surface area contributed by atoms with E-state index in [1.165, 1.54) is 6.20 Å². The summed E-state index contributed by atoms with van der Waals surface area (Å²) in [5, 5.41) is 8.63. The molecule has 0 aliphatic carbocycles. The lowest BCUT2D eigenvalue weighted by Crippen LogP contribution is -2.09. The van der Waals surface area contributed by atoms with Crippen molar-refractivity contribution < 1.29 is 5.11 Å². The largest absolute Gasteiger partial charge is 0.392 e. The lowest BCUT2D eigenvalue weighted by atomic mass is 10.3. The molecule has 0 amide bonds. The van der Waals surface area contributed by atoms with E-state index in [1.54, 1.807) is 6.07 Å². The van der Waals surface area contributed by atoms with Crippen LogP contribution in [0.3, 0.4) is 0 Å². The molecular weight excluding hydrogens is 245 g/mol. The van der Waals surface area contributed by atoms with Gasteiger partial charge in [-0.3, -0.25) is 4.79 Å². The molecule has 0 spiro atoms. The van der Waals surface area contributed by atoms with Crippen LogP contribution in [0.4, 0.5) is 0 Å². The van der Waals surface area contributed by atoms with E-state index in [0.29, 0.717) is 3.57 Å². The van der Waals surface area contributed by atoms with Gasteiger partial charge in [0.15, 0.2) is 0 Å². The third-order valence-electron chi connectivity index (χ3n) is 1.10. The Morgan fingerprint density at radius 1 is 1.70 bits per heavy atom. The minimum Gasteiger partial charge on any atom is -0.392 e. The summed E-state index contributed by atoms with van der Waals surface area (Å²) in [6.45, 7) is -0.0349. The first-order chi connectivity index (χ1) is 4.74. The normalized spacial score (nSPS) is 9.80. The van der Waals surface area contributed by atoms with Crippen LogP contribution < -0.4 is 5.56 Å². The average molecular weight is 251 g/mol. The third kappa shape index (κ3) is 1.57. The second-order valence-electron chi connectivity index (χ2n) is 1.84. The van der Waals surface area contributed by atoms with Crippen molar-refractivity contribution >= 4 is 22.6 Å². The fraction of sp³-hybridized carbons (Fsp3) is 0.167. The zero-order valence-electron chi connectivity index (χ0n) is 5.10. The van der Waals surface area contributed by atoms with Gasteiger partial charge in [0.2, 0.25) is 0 Å². The Labute approximate surface area is 71.2 Å². The summed E-state index contributed by atoms with van der Waals surface area (Å²) in [6.07, 6.45) is 1.50. The highest BCUT2D eigenvalue weighted by Crippen LogP contribution is 2.00. The van der Waals surface area contributed by atoms with Gasteiger partial charge in [-0.05, 0) is 34.2 Å². The van der Waals surface area contributed by atoms with Crippen molar-refractivity contribution in [2.45, 2.75) is 6.61 Å². The van der Waals surface area contributed by atoms with E-state index in [4.69, 9.17) is 5.11 Å². The molecule has 54 valence electrons. The summed E-state index contributed by atoms with van der Waals surface area (Å²) in [5.74, 6) is 0. The van der Waals surface area contributed by atoms with Crippen molar-refractivity contribution in [3.8, 4) is 0 Å². The van der Waals surface area contributed by atoms with E-state index < -0.39 is 0 Å². The summed E-state index contributed by atoms with van der Waals surface area (Å²) in [4.78, 5) is 13.2. The number of pyridine rings is 1. The molecule has 0 aliphatic rings. The smallest absolute Gasteiger partial charge is 0.261 e. The van der Waals surface area contributed by atoms with Gasteiger partial charge in [0.05, 0.1) is 10.2 Å². The van der Waals surface area contributed by atoms with Crippen molar-refractivity contribution in [3.05, 3.63) is 31.8 Å². The number of rotatable bonds is 1. The van der Waals surface area contributed by atoms with Gasteiger partial charge >= 0.3 is 0 Å². The first-order valence-electron chi connectivity index (χ1n) is 2.72. The number of hydrogen-bond acceptors (Lipinski definition) is 2. The standard InChI is InChI=1S/C6H6INO2/c7-5-1-4(3-9)2-8-6(5)10/h1-2,9H,3H2,(H,8,10). The van der Waals surface area contributed by atoms with Crippen LogP contribution in [0.2, 0.25) is 0 Å². The quantitative estimate of drug-likeness (QED) is 0.713. The molecule has 1 rings (SSSR count). The topological polar surface area (TPSA) is 53.1 Å². The Morgan fingerprint density at radius 2 is 2.40 bits per heavy atom. The van der Waals surface area contributed by atoms with E-state index in [1.807, 2.05) is 22.6 Å². The summed E-state index contributed by atoms with van der Waals surface area (Å²) < 4.78 is 0.601. The molecule has 3 nitrogen and oxygen atoms in total. The molecule has 0 fully saturated rings. The number of aromatic nitrogens is 1. The van der Waals surface area contributed by atoms with E-state index in [9.17, 15) is 4.79 Å². The molecule has 0 radical (unpaired) electrons. The second-order valence-corrected chi connectivity index (χ2v) is 3.01. The Kier molecular flexibility index (Phi) is 2.44. The lowest BCUT2D eigenvalue weighted by Gasteiger charge is -1.93. The summed E-state index contributed by atoms with van der Waals surface area (Å²) >= 11 is 1.92. The molecular formula is C6H6INO2. The lowest BCUT2D eigenvalue weighted by molar-refractivity contribution is 0.281. The molecule has 1 aromatic rings. The Bertz CT molecular complexity index is 281. The van der Waals surface area contributed by atoms with Crippen LogP contribution in [0.1, 0.15) is 5.56 Å². The van der Waals surface area contributed by atoms with Crippen LogP contribution in [0.5, 0.6) is 0 Å². The molecule has 0 saturated heterocycles. The zero-order chi connectivity index (χ0) is 7.56. The highest BCUT2D eigenvalue weighted by molar-refractivity contribution is 14.1. The highest BCUT2D eigenvalue weighted by Gasteiger charge is 1.94. The number of halogens is 1. The molecule has 10 heavy (non-hydrogen) atoms. The van der Waals surface area contributed by atoms with Crippen LogP contribution in [0.25, 0.3) is 0 Å². The van der Waals surface area contributed by atoms with E-state index >= 15 is 0 Å². The number of nitrogens with one attached hydrogen (secondary N) is 1. The minimum absolute atomic E-state index is 0.0349. The Hall–Kier alpha value is -0.360. The molecule has 0 unspecified atom stereocenters. The predicted molar refractivity (Wildman–Crippen MR) is 45.7 cm³/mol. The van der Waals surface area contributed by atoms with Gasteiger partial charge in [-0.2, -0.15) is 0 Å². The average Bonchev–Trinajstić information content (AvgIpc) is 1.95. The fourth-order valence-electron chi connectivity index (χ4n) is 0.588. The number of hydrogen-bond donors (Lipinski definition) is 2. The van der Waals surface area contributed by atoms with Gasteiger partial charge in [0.1, 0.15) is 0 Å². The number of H-pyrrole nitrogens is 1. The van der Waals surface area contributed by atoms with Crippen LogP contribution in [-0.4, -0.2) is 10.1 Å². The van der Waals surface area contributed by atoms with Crippen molar-refractivity contribution in [2.75, 3.05) is 0 Å². The SMILES string of the molecule is O=c1[nH]cc(CO)cc1I. The summed E-state index contributed by atoms with van der Waals surface area (Å²) in [6, 6.07) is 1.65. The van der Waals surface area contributed by atoms with Crippen LogP contribution in [0, 0.1) is 3.57 Å². The van der Waals surface area contributed by atoms with Crippen LogP contribution in [0.15, 0.2) is 17.1 Å². The van der Waals surface area contributed by atoms with Gasteiger partial charge < -0.3 is 10.1 Å². The highest BCUT2D eigenvalue weighted by atomic mass is 127. The van der Waals surface area contributed by atoms with Crippen molar-refractivity contribution in [3.63, 3.8) is 0 Å². The monoisotopic (exact) mass is 251 g/mol. The number of aliphatic hydroxyl groups is 1. The maximum absolute atomic E-state index is 10.7. The van der Waals surface area contributed by atoms with Gasteiger partial charge in [-0.25, -0.2) is 0 Å². The van der Waals surface area contributed by atoms with Gasteiger partial charge in [0, 0.05) is 6.20 Å². The third-order valence-corrected chi connectivity index (χ3v) is 1.90. The molecule has 0 saturated carbocycles. The Balaban J connectivity index is 3.17. The zero-order valence-corrected chi connectivity index (χ0v) is 7.25. The van der Waals surface area contributed by atoms with E-state index in [-0.39, 0.29) is 12.2 Å². The molecule has 2 N–H and O–H groups in total. The van der Waals surface area contributed by atoms with Gasteiger partial charge in [-0.1, -0.05) is 0 Å². The minimum atomic E-state index is -0.113. The van der Waals surface area contributed by atoms with Gasteiger partial charge in [-0.15, -0.1) is 0 Å². The fourth-order valence-corrected chi connectivity index (χ4v) is 1.14. The molecule has 1 aromatic heterocycles. The molecule has 1 heterocycles. The van der Waals surface area contributed by atoms with Gasteiger partial charge in [0.25, 0.3) is 5.56 Å². The van der Waals surface area contributed by atoms with Crippen molar-refractivity contribution in [1.29, 1.82) is 0 Å². The van der Waals surface area contributed by atoms with E-state index in [2.05, 4.69) is 4.98 Å². The molecule has 0 bridgehead atoms. The van der Waals surface area contributed by atoms with Crippen LogP contribution in [-0.2, 0) is 6.61 Å². The second kappa shape index (κ2) is 3.16. The predicted octanol–water partition coefficient (Wildman–Crippen LogP) is 0.472. The van der Waals surface area contributed by atoms with Crippen LogP contribution >= 0.6 is 22.6 Å². The maximum atomic E-state index is 10.7. The summed E-state index contributed by atoms with van der Waals surface area (Å²) in [7, 11) is 0. The summed E-state index contributed by atoms with van der Waals surface area (Å²) in [5.41, 5.74) is 0.613. The maximum Gasteiger partial charge on any atom is 0.261 e. The number of aromatic amines is 1. The molecule has 0 aliphatic heterocycles. The molecule has 0 aromatic carbocycles. The van der Waals surface area contributed by atoms with Crippen molar-refractivity contribution in [2.24, 2.45) is 0 Å².